The third-order valence-electron chi connectivity index (χ3n) is 6.92. The van der Waals surface area contributed by atoms with E-state index in [-0.39, 0.29) is 5.95 Å². The lowest BCUT2D eigenvalue weighted by molar-refractivity contribution is 0.122. The van der Waals surface area contributed by atoms with Gasteiger partial charge >= 0.3 is 0 Å². The molecule has 16 nitrogen and oxygen atoms in total. The topological polar surface area (TPSA) is 203 Å². The molecule has 3 N–H and O–H groups in total. The molecular formula is C23H34N10O6S2. The van der Waals surface area contributed by atoms with Crippen molar-refractivity contribution in [2.45, 2.75) is 19.4 Å². The number of fused-ring (bicyclic) bond motifs is 1. The van der Waals surface area contributed by atoms with E-state index in [1.807, 2.05) is 0 Å². The summed E-state index contributed by atoms with van der Waals surface area (Å²) in [4.78, 5) is 27.6. The van der Waals surface area contributed by atoms with Crippen molar-refractivity contribution in [2.75, 3.05) is 80.5 Å². The van der Waals surface area contributed by atoms with Crippen LogP contribution in [0.5, 0.6) is 0 Å². The highest BCUT2D eigenvalue weighted by Crippen LogP contribution is 2.36. The van der Waals surface area contributed by atoms with Crippen LogP contribution in [0.25, 0.3) is 22.6 Å². The van der Waals surface area contributed by atoms with Crippen molar-refractivity contribution in [1.29, 1.82) is 0 Å². The molecule has 18 heteroatoms. The monoisotopic (exact) mass is 610 g/mol. The van der Waals surface area contributed by atoms with Gasteiger partial charge in [-0.15, -0.1) is 0 Å². The Bertz CT molecular complexity index is 1590. The van der Waals surface area contributed by atoms with Crippen molar-refractivity contribution in [3.63, 3.8) is 0 Å². The number of sulfonamides is 1. The van der Waals surface area contributed by atoms with E-state index in [1.54, 1.807) is 12.4 Å². The third kappa shape index (κ3) is 7.37. The van der Waals surface area contributed by atoms with E-state index in [1.165, 1.54) is 23.4 Å². The summed E-state index contributed by atoms with van der Waals surface area (Å²) in [6.45, 7) is 5.48. The van der Waals surface area contributed by atoms with Crippen molar-refractivity contribution in [2.24, 2.45) is 5.92 Å². The van der Waals surface area contributed by atoms with Crippen molar-refractivity contribution >= 4 is 49.0 Å². The lowest BCUT2D eigenvalue weighted by Crippen LogP contribution is -2.49. The number of nitrogens with zero attached hydrogens (tertiary/aromatic N) is 9. The quantitative estimate of drug-likeness (QED) is 0.344. The second-order valence-electron chi connectivity index (χ2n) is 10.3. The first kappa shape index (κ1) is 29.3. The smallest absolute Gasteiger partial charge is 0.261 e. The Labute approximate surface area is 238 Å². The van der Waals surface area contributed by atoms with Crippen molar-refractivity contribution < 1.29 is 26.1 Å². The number of hydrogen-bond donors (Lipinski definition) is 2. The van der Waals surface area contributed by atoms with Gasteiger partial charge in [0.05, 0.1) is 31.3 Å². The van der Waals surface area contributed by atoms with Crippen LogP contribution in [0.4, 0.5) is 17.7 Å². The summed E-state index contributed by atoms with van der Waals surface area (Å²) in [6, 6.07) is 0. The van der Waals surface area contributed by atoms with Crippen LogP contribution in [0, 0.1) is 5.92 Å². The number of ether oxygens (including phenoxy) is 1. The molecule has 6 rings (SSSR count). The van der Waals surface area contributed by atoms with E-state index >= 15 is 0 Å². The minimum Gasteiger partial charge on any atom is -0.378 e. The molecule has 1 aliphatic carbocycles. The second-order valence-corrected chi connectivity index (χ2v) is 13.8. The molecule has 0 amide bonds. The maximum Gasteiger partial charge on any atom is 0.261 e. The molecule has 3 aromatic rings. The SMILES string of the molecule is CS(=O)(=O)N1CCN(c2nc3c(N4CCOCC4)nc(-c4cnc(N)nc4)nc3n2CC2CC2)CC1.CS(=O)(=O)O. The summed E-state index contributed by atoms with van der Waals surface area (Å²) < 4.78 is 59.2. The zero-order valence-corrected chi connectivity index (χ0v) is 24.6. The zero-order chi connectivity index (χ0) is 29.4. The summed E-state index contributed by atoms with van der Waals surface area (Å²) in [7, 11) is -6.88. The maximum absolute atomic E-state index is 12.0. The molecule has 0 bridgehead atoms. The van der Waals surface area contributed by atoms with Gasteiger partial charge in [0, 0.05) is 58.2 Å². The van der Waals surface area contributed by atoms with Crippen molar-refractivity contribution in [3.05, 3.63) is 12.4 Å². The standard InChI is InChI=1S/C22H30N10O3S.CH4O3S/c1-36(33,34)31-6-4-30(5-7-31)22-26-17-19(29-8-10-35-11-9-29)27-18(16-12-24-21(23)25-13-16)28-20(17)32(22)14-15-2-3-15;1-5(2,3)4/h12-13,15H,2-11,14H2,1H3,(H2,23,24,25);1H3,(H,2,3,4). The molecule has 224 valence electrons. The molecule has 0 radical (unpaired) electrons. The summed E-state index contributed by atoms with van der Waals surface area (Å²) in [5, 5.41) is 0. The van der Waals surface area contributed by atoms with Gasteiger partial charge in [-0.2, -0.15) is 12.7 Å². The maximum atomic E-state index is 12.0. The van der Waals surface area contributed by atoms with E-state index in [9.17, 15) is 16.8 Å². The van der Waals surface area contributed by atoms with E-state index in [0.29, 0.717) is 76.0 Å². The minimum atomic E-state index is -3.67. The van der Waals surface area contributed by atoms with Crippen LogP contribution in [0.15, 0.2) is 12.4 Å². The highest BCUT2D eigenvalue weighted by atomic mass is 32.2. The number of morpholine rings is 1. The second kappa shape index (κ2) is 11.6. The van der Waals surface area contributed by atoms with Crippen LogP contribution in [0.2, 0.25) is 0 Å². The van der Waals surface area contributed by atoms with Gasteiger partial charge in [0.15, 0.2) is 22.8 Å². The van der Waals surface area contributed by atoms with Crippen LogP contribution in [0.3, 0.4) is 0 Å². The fourth-order valence-corrected chi connectivity index (χ4v) is 5.57. The van der Waals surface area contributed by atoms with Crippen LogP contribution < -0.4 is 15.5 Å². The Kier molecular flexibility index (Phi) is 8.29. The minimum absolute atomic E-state index is 0.197. The summed E-state index contributed by atoms with van der Waals surface area (Å²) in [5.41, 5.74) is 7.91. The first-order valence-corrected chi connectivity index (χ1v) is 16.9. The molecule has 2 aliphatic heterocycles. The molecular weight excluding hydrogens is 576 g/mol. The lowest BCUT2D eigenvalue weighted by Gasteiger charge is -2.34. The fourth-order valence-electron chi connectivity index (χ4n) is 4.74. The molecule has 0 atom stereocenters. The molecule has 0 unspecified atom stereocenters. The summed E-state index contributed by atoms with van der Waals surface area (Å²) >= 11 is 0. The van der Waals surface area contributed by atoms with Crippen molar-refractivity contribution in [3.8, 4) is 11.4 Å². The highest BCUT2D eigenvalue weighted by molar-refractivity contribution is 7.88. The Hall–Kier alpha value is -3.19. The largest absolute Gasteiger partial charge is 0.378 e. The van der Waals surface area contributed by atoms with E-state index in [4.69, 9.17) is 30.0 Å². The van der Waals surface area contributed by atoms with Gasteiger partial charge < -0.3 is 20.3 Å². The third-order valence-corrected chi connectivity index (χ3v) is 8.23. The number of piperazine rings is 1. The number of aromatic nitrogens is 6. The lowest BCUT2D eigenvalue weighted by atomic mass is 10.3. The van der Waals surface area contributed by atoms with Gasteiger partial charge in [0.2, 0.25) is 21.9 Å². The van der Waals surface area contributed by atoms with E-state index < -0.39 is 20.1 Å². The molecule has 41 heavy (non-hydrogen) atoms. The van der Waals surface area contributed by atoms with E-state index in [2.05, 4.69) is 24.3 Å². The summed E-state index contributed by atoms with van der Waals surface area (Å²) in [6.07, 6.45) is 7.62. The Morgan fingerprint density at radius 1 is 0.927 bits per heavy atom. The molecule has 0 aromatic carbocycles. The molecule has 3 aliphatic rings. The fraction of sp³-hybridized carbons (Fsp3) is 0.609. The van der Waals surface area contributed by atoms with Crippen molar-refractivity contribution in [1.82, 2.24) is 33.8 Å². The number of nitrogen functional groups attached to an aromatic ring is 1. The van der Waals surface area contributed by atoms with E-state index in [0.717, 1.165) is 29.5 Å². The van der Waals surface area contributed by atoms with Crippen LogP contribution in [-0.2, 0) is 31.4 Å². The Balaban J connectivity index is 0.000000623. The predicted octanol–water partition coefficient (Wildman–Crippen LogP) is -0.302. The number of hydrogen-bond acceptors (Lipinski definition) is 13. The number of imidazole rings is 1. The first-order chi connectivity index (χ1) is 19.4. The highest BCUT2D eigenvalue weighted by Gasteiger charge is 2.32. The molecule has 5 heterocycles. The van der Waals surface area contributed by atoms with Gasteiger partial charge in [-0.1, -0.05) is 0 Å². The molecule has 1 saturated carbocycles. The molecule has 2 saturated heterocycles. The van der Waals surface area contributed by atoms with Crippen LogP contribution in [-0.4, -0.2) is 120 Å². The van der Waals surface area contributed by atoms with Gasteiger partial charge in [-0.25, -0.2) is 33.3 Å². The predicted molar refractivity (Wildman–Crippen MR) is 153 cm³/mol. The van der Waals surface area contributed by atoms with Gasteiger partial charge in [-0.3, -0.25) is 9.12 Å². The van der Waals surface area contributed by atoms with Gasteiger partial charge in [-0.05, 0) is 18.8 Å². The molecule has 0 spiro atoms. The average molecular weight is 611 g/mol. The molecule has 3 fully saturated rings. The Morgan fingerprint density at radius 3 is 2.10 bits per heavy atom. The van der Waals surface area contributed by atoms with Crippen LogP contribution in [0.1, 0.15) is 12.8 Å². The van der Waals surface area contributed by atoms with Crippen LogP contribution >= 0.6 is 0 Å². The van der Waals surface area contributed by atoms with Gasteiger partial charge in [0.1, 0.15) is 0 Å². The molecule has 3 aromatic heterocycles. The number of nitrogens with two attached hydrogens (primary N) is 1. The normalized spacial score (nSPS) is 18.8. The zero-order valence-electron chi connectivity index (χ0n) is 22.9. The Morgan fingerprint density at radius 2 is 1.54 bits per heavy atom. The number of rotatable bonds is 6. The number of anilines is 3. The first-order valence-electron chi connectivity index (χ1n) is 13.2. The van der Waals surface area contributed by atoms with Gasteiger partial charge in [0.25, 0.3) is 10.1 Å². The average Bonchev–Trinajstić information content (AvgIpc) is 3.67. The summed E-state index contributed by atoms with van der Waals surface area (Å²) in [5.74, 6) is 2.89.